The number of amides is 3. The maximum Gasteiger partial charge on any atom is 0.410 e. The van der Waals surface area contributed by atoms with Gasteiger partial charge in [-0.15, -0.1) is 0 Å². The Labute approximate surface area is 213 Å². The van der Waals surface area contributed by atoms with E-state index in [1.165, 1.54) is 16.0 Å². The quantitative estimate of drug-likeness (QED) is 0.517. The third-order valence-electron chi connectivity index (χ3n) is 6.60. The van der Waals surface area contributed by atoms with Crippen LogP contribution in [0.2, 0.25) is 0 Å². The topological polar surface area (TPSA) is 87.7 Å². The highest BCUT2D eigenvalue weighted by Gasteiger charge is 2.40. The van der Waals surface area contributed by atoms with Crippen molar-refractivity contribution in [2.75, 3.05) is 13.1 Å². The lowest BCUT2D eigenvalue weighted by atomic mass is 10.1. The van der Waals surface area contributed by atoms with Crippen molar-refractivity contribution in [3.63, 3.8) is 0 Å². The maximum absolute atomic E-state index is 12.8. The highest BCUT2D eigenvalue weighted by Crippen LogP contribution is 2.41. The molecular weight excluding hydrogens is 454 g/mol. The first-order chi connectivity index (χ1) is 17.2. The summed E-state index contributed by atoms with van der Waals surface area (Å²) in [6.07, 6.45) is 1.67. The Balaban J connectivity index is 1.23. The van der Waals surface area contributed by atoms with Crippen LogP contribution in [0.4, 0.5) is 4.79 Å². The molecule has 2 saturated carbocycles. The van der Waals surface area contributed by atoms with Crippen molar-refractivity contribution in [3.05, 3.63) is 71.8 Å². The molecule has 4 atom stereocenters. The van der Waals surface area contributed by atoms with Crippen LogP contribution < -0.4 is 10.6 Å². The summed E-state index contributed by atoms with van der Waals surface area (Å²) in [4.78, 5) is 39.4. The van der Waals surface area contributed by atoms with Crippen LogP contribution in [0.5, 0.6) is 0 Å². The number of hydrogen-bond acceptors (Lipinski definition) is 4. The molecular formula is C29H37N3O4. The Hall–Kier alpha value is -3.35. The molecule has 0 bridgehead atoms. The van der Waals surface area contributed by atoms with Crippen LogP contribution in [-0.2, 0) is 14.3 Å². The van der Waals surface area contributed by atoms with E-state index < -0.39 is 11.7 Å². The van der Waals surface area contributed by atoms with Gasteiger partial charge >= 0.3 is 6.09 Å². The van der Waals surface area contributed by atoms with E-state index in [4.69, 9.17) is 4.74 Å². The summed E-state index contributed by atoms with van der Waals surface area (Å²) < 4.78 is 5.52. The van der Waals surface area contributed by atoms with Gasteiger partial charge in [0, 0.05) is 49.9 Å². The molecule has 36 heavy (non-hydrogen) atoms. The molecule has 3 amide bonds. The molecule has 0 spiro atoms. The molecule has 2 aliphatic rings. The van der Waals surface area contributed by atoms with Crippen LogP contribution in [0.15, 0.2) is 60.7 Å². The van der Waals surface area contributed by atoms with Crippen molar-refractivity contribution < 1.29 is 19.1 Å². The van der Waals surface area contributed by atoms with E-state index in [0.717, 1.165) is 12.8 Å². The van der Waals surface area contributed by atoms with E-state index in [2.05, 4.69) is 34.9 Å². The second-order valence-electron chi connectivity index (χ2n) is 10.8. The number of rotatable bonds is 10. The van der Waals surface area contributed by atoms with Gasteiger partial charge in [-0.05, 0) is 44.7 Å². The Morgan fingerprint density at radius 2 is 1.19 bits per heavy atom. The summed E-state index contributed by atoms with van der Waals surface area (Å²) in [5.74, 6) is 0.506. The fourth-order valence-electron chi connectivity index (χ4n) is 4.50. The molecule has 4 rings (SSSR count). The Bertz CT molecular complexity index is 980. The molecule has 192 valence electrons. The number of nitrogens with zero attached hydrogens (tertiary/aromatic N) is 1. The summed E-state index contributed by atoms with van der Waals surface area (Å²) in [6.45, 7) is 5.81. The summed E-state index contributed by atoms with van der Waals surface area (Å²) in [5, 5.41) is 6.14. The van der Waals surface area contributed by atoms with Crippen LogP contribution in [0.25, 0.3) is 0 Å². The second kappa shape index (κ2) is 11.1. The predicted octanol–water partition coefficient (Wildman–Crippen LogP) is 4.35. The number of carbonyl (C=O) groups excluding carboxylic acids is 3. The van der Waals surface area contributed by atoms with E-state index in [1.54, 1.807) is 20.8 Å². The predicted molar refractivity (Wildman–Crippen MR) is 139 cm³/mol. The van der Waals surface area contributed by atoms with Crippen molar-refractivity contribution in [3.8, 4) is 0 Å². The molecule has 2 N–H and O–H groups in total. The van der Waals surface area contributed by atoms with Gasteiger partial charge in [-0.3, -0.25) is 9.59 Å². The number of carbonyl (C=O) groups is 3. The van der Waals surface area contributed by atoms with Gasteiger partial charge < -0.3 is 20.3 Å². The minimum absolute atomic E-state index is 0.0971. The van der Waals surface area contributed by atoms with Gasteiger partial charge in [0.05, 0.1) is 0 Å². The third-order valence-corrected chi connectivity index (χ3v) is 6.60. The summed E-state index contributed by atoms with van der Waals surface area (Å²) in [7, 11) is 0. The average molecular weight is 492 g/mol. The molecule has 2 aromatic rings. The molecule has 0 unspecified atom stereocenters. The Morgan fingerprint density at radius 1 is 0.778 bits per heavy atom. The van der Waals surface area contributed by atoms with Crippen molar-refractivity contribution >= 4 is 17.9 Å². The van der Waals surface area contributed by atoms with Gasteiger partial charge in [-0.1, -0.05) is 60.7 Å². The molecule has 0 saturated heterocycles. The van der Waals surface area contributed by atoms with Crippen LogP contribution >= 0.6 is 0 Å². The minimum atomic E-state index is -0.659. The second-order valence-corrected chi connectivity index (χ2v) is 10.8. The maximum atomic E-state index is 12.8. The smallest absolute Gasteiger partial charge is 0.410 e. The summed E-state index contributed by atoms with van der Waals surface area (Å²) in [5.41, 5.74) is 1.80. The van der Waals surface area contributed by atoms with Crippen LogP contribution in [-0.4, -0.2) is 53.6 Å². The zero-order valence-electron chi connectivity index (χ0n) is 21.4. The summed E-state index contributed by atoms with van der Waals surface area (Å²) >= 11 is 0. The Morgan fingerprint density at radius 3 is 1.58 bits per heavy atom. The molecule has 0 radical (unpaired) electrons. The van der Waals surface area contributed by atoms with Gasteiger partial charge in [0.25, 0.3) is 0 Å². The number of hydrogen-bond donors (Lipinski definition) is 2. The number of ether oxygens (including phenoxy) is 1. The first-order valence-corrected chi connectivity index (χ1v) is 12.9. The lowest BCUT2D eigenvalue weighted by Gasteiger charge is -2.27. The van der Waals surface area contributed by atoms with Gasteiger partial charge in [-0.2, -0.15) is 0 Å². The van der Waals surface area contributed by atoms with Crippen molar-refractivity contribution in [1.82, 2.24) is 15.5 Å². The Kier molecular flexibility index (Phi) is 7.97. The van der Waals surface area contributed by atoms with E-state index in [1.807, 2.05) is 36.4 Å². The minimum Gasteiger partial charge on any atom is -0.444 e. The van der Waals surface area contributed by atoms with Crippen LogP contribution in [0.1, 0.15) is 69.4 Å². The molecule has 2 fully saturated rings. The van der Waals surface area contributed by atoms with E-state index in [-0.39, 0.29) is 49.8 Å². The van der Waals surface area contributed by atoms with Crippen LogP contribution in [0.3, 0.4) is 0 Å². The van der Waals surface area contributed by atoms with E-state index >= 15 is 0 Å². The number of benzene rings is 2. The third kappa shape index (κ3) is 7.57. The van der Waals surface area contributed by atoms with E-state index in [9.17, 15) is 14.4 Å². The van der Waals surface area contributed by atoms with Gasteiger partial charge in [0.15, 0.2) is 0 Å². The van der Waals surface area contributed by atoms with Crippen LogP contribution in [0, 0.1) is 0 Å². The largest absolute Gasteiger partial charge is 0.444 e. The molecule has 0 aromatic heterocycles. The normalized spacial score (nSPS) is 22.3. The molecule has 2 aromatic carbocycles. The first-order valence-electron chi connectivity index (χ1n) is 12.9. The van der Waals surface area contributed by atoms with Gasteiger partial charge in [0.2, 0.25) is 11.8 Å². The SMILES string of the molecule is CC(C)(C)OC(=O)N(CCC(=O)N[C@H]1C[C@@H]1c1ccccc1)CCC(=O)N[C@H]1C[C@@H]1c1ccccc1. The highest BCUT2D eigenvalue weighted by atomic mass is 16.6. The van der Waals surface area contributed by atoms with Crippen molar-refractivity contribution in [2.24, 2.45) is 0 Å². The average Bonchev–Trinajstić information content (AvgIpc) is 3.76. The number of nitrogens with one attached hydrogen (secondary N) is 2. The van der Waals surface area contributed by atoms with Gasteiger partial charge in [0.1, 0.15) is 5.60 Å². The summed E-state index contributed by atoms with van der Waals surface area (Å²) in [6, 6.07) is 20.6. The zero-order chi connectivity index (χ0) is 25.7. The lowest BCUT2D eigenvalue weighted by molar-refractivity contribution is -0.121. The van der Waals surface area contributed by atoms with E-state index in [0.29, 0.717) is 11.8 Å². The fourth-order valence-corrected chi connectivity index (χ4v) is 4.50. The standard InChI is InChI=1S/C29H37N3O4/c1-29(2,3)36-28(35)32(16-14-26(33)30-24-18-22(24)20-10-6-4-7-11-20)17-15-27(34)31-25-19-23(25)21-12-8-5-9-13-21/h4-13,22-25H,14-19H2,1-3H3,(H,30,33)(H,31,34)/t22-,23-,24+,25+/m1/s1. The fraction of sp³-hybridized carbons (Fsp3) is 0.483. The molecule has 7 nitrogen and oxygen atoms in total. The molecule has 7 heteroatoms. The highest BCUT2D eigenvalue weighted by molar-refractivity contribution is 5.79. The molecule has 0 heterocycles. The lowest BCUT2D eigenvalue weighted by Crippen LogP contribution is -2.41. The van der Waals surface area contributed by atoms with Crippen molar-refractivity contribution in [1.29, 1.82) is 0 Å². The first kappa shape index (κ1) is 25.7. The van der Waals surface area contributed by atoms with Gasteiger partial charge in [-0.25, -0.2) is 4.79 Å². The van der Waals surface area contributed by atoms with Crippen molar-refractivity contribution in [2.45, 2.75) is 76.0 Å². The molecule has 0 aliphatic heterocycles. The molecule has 2 aliphatic carbocycles. The zero-order valence-corrected chi connectivity index (χ0v) is 21.4. The monoisotopic (exact) mass is 491 g/mol.